The number of aliphatic hydroxyl groups excluding tert-OH is 1. The van der Waals surface area contributed by atoms with E-state index in [1.165, 1.54) is 6.07 Å². The molecule has 2 nitrogen and oxygen atoms in total. The highest BCUT2D eigenvalue weighted by atomic mass is 35.5. The van der Waals surface area contributed by atoms with Gasteiger partial charge in [0.1, 0.15) is 10.8 Å². The number of nitrogens with zero attached hydrogens (tertiary/aromatic N) is 1. The lowest BCUT2D eigenvalue weighted by Gasteiger charge is -2.13. The normalized spacial score (nSPS) is 18.6. The monoisotopic (exact) mass is 251 g/mol. The van der Waals surface area contributed by atoms with E-state index in [9.17, 15) is 18.3 Å². The molecule has 1 saturated carbocycles. The largest absolute Gasteiger partial charge is 0.433 e. The van der Waals surface area contributed by atoms with E-state index in [2.05, 4.69) is 4.98 Å². The summed E-state index contributed by atoms with van der Waals surface area (Å²) < 4.78 is 36.9. The smallest absolute Gasteiger partial charge is 0.388 e. The molecule has 88 valence electrons. The van der Waals surface area contributed by atoms with Gasteiger partial charge in [-0.15, -0.1) is 0 Å². The van der Waals surface area contributed by atoms with Crippen LogP contribution in [0.1, 0.15) is 30.2 Å². The molecule has 1 unspecified atom stereocenters. The lowest BCUT2D eigenvalue weighted by atomic mass is 10.1. The molecule has 2 rings (SSSR count). The SMILES string of the molecule is OC(c1ccc(C(F)(F)F)nc1Cl)C1CC1. The molecule has 1 fully saturated rings. The van der Waals surface area contributed by atoms with Crippen LogP contribution in [0.3, 0.4) is 0 Å². The molecule has 1 aliphatic carbocycles. The van der Waals surface area contributed by atoms with Crippen molar-refractivity contribution < 1.29 is 18.3 Å². The van der Waals surface area contributed by atoms with Crippen LogP contribution in [0, 0.1) is 5.92 Å². The number of aliphatic hydroxyl groups is 1. The minimum absolute atomic E-state index is 0.107. The van der Waals surface area contributed by atoms with Gasteiger partial charge >= 0.3 is 6.18 Å². The van der Waals surface area contributed by atoms with Crippen molar-refractivity contribution in [3.05, 3.63) is 28.5 Å². The fourth-order valence-electron chi connectivity index (χ4n) is 1.49. The van der Waals surface area contributed by atoms with Crippen molar-refractivity contribution in [1.82, 2.24) is 4.98 Å². The van der Waals surface area contributed by atoms with Crippen molar-refractivity contribution in [2.45, 2.75) is 25.1 Å². The average Bonchev–Trinajstić information content (AvgIpc) is 2.98. The third kappa shape index (κ3) is 2.30. The second-order valence-corrected chi connectivity index (χ2v) is 4.21. The van der Waals surface area contributed by atoms with Crippen LogP contribution in [-0.4, -0.2) is 10.1 Å². The predicted octanol–water partition coefficient (Wildman–Crippen LogP) is 3.20. The lowest BCUT2D eigenvalue weighted by molar-refractivity contribution is -0.141. The fraction of sp³-hybridized carbons (Fsp3) is 0.500. The van der Waals surface area contributed by atoms with Crippen LogP contribution < -0.4 is 0 Å². The zero-order valence-corrected chi connectivity index (χ0v) is 8.89. The highest BCUT2D eigenvalue weighted by Gasteiger charge is 2.35. The average molecular weight is 252 g/mol. The van der Waals surface area contributed by atoms with Crippen LogP contribution in [0.25, 0.3) is 0 Å². The van der Waals surface area contributed by atoms with E-state index in [0.717, 1.165) is 18.9 Å². The Morgan fingerprint density at radius 3 is 2.44 bits per heavy atom. The second kappa shape index (κ2) is 3.89. The number of hydrogen-bond donors (Lipinski definition) is 1. The highest BCUT2D eigenvalue weighted by Crippen LogP contribution is 2.42. The molecular weight excluding hydrogens is 243 g/mol. The Bertz CT molecular complexity index is 404. The standard InChI is InChI=1S/C10H9ClF3NO/c11-9-6(8(16)5-1-2-5)3-4-7(15-9)10(12,13)14/h3-5,8,16H,1-2H2. The third-order valence-corrected chi connectivity index (χ3v) is 2.86. The van der Waals surface area contributed by atoms with Crippen LogP contribution in [-0.2, 0) is 6.18 Å². The third-order valence-electron chi connectivity index (χ3n) is 2.56. The van der Waals surface area contributed by atoms with Gasteiger partial charge in [-0.25, -0.2) is 4.98 Å². The van der Waals surface area contributed by atoms with Crippen molar-refractivity contribution in [3.63, 3.8) is 0 Å². The lowest BCUT2D eigenvalue weighted by Crippen LogP contribution is -2.10. The molecule has 1 atom stereocenters. The van der Waals surface area contributed by atoms with E-state index in [-0.39, 0.29) is 16.6 Å². The minimum Gasteiger partial charge on any atom is -0.388 e. The molecule has 0 amide bonds. The Labute approximate surface area is 95.1 Å². The van der Waals surface area contributed by atoms with Gasteiger partial charge in [-0.05, 0) is 24.8 Å². The van der Waals surface area contributed by atoms with Crippen molar-refractivity contribution in [2.24, 2.45) is 5.92 Å². The van der Waals surface area contributed by atoms with Crippen LogP contribution >= 0.6 is 11.6 Å². The molecule has 1 heterocycles. The van der Waals surface area contributed by atoms with Gasteiger partial charge in [0, 0.05) is 5.56 Å². The van der Waals surface area contributed by atoms with Crippen LogP contribution in [0.2, 0.25) is 5.15 Å². The van der Waals surface area contributed by atoms with Gasteiger partial charge in [-0.2, -0.15) is 13.2 Å². The van der Waals surface area contributed by atoms with Gasteiger partial charge in [-0.1, -0.05) is 17.7 Å². The maximum Gasteiger partial charge on any atom is 0.433 e. The number of hydrogen-bond acceptors (Lipinski definition) is 2. The molecular formula is C10H9ClF3NO. The minimum atomic E-state index is -4.51. The summed E-state index contributed by atoms with van der Waals surface area (Å²) in [5, 5.41) is 9.46. The first-order valence-electron chi connectivity index (χ1n) is 4.81. The highest BCUT2D eigenvalue weighted by molar-refractivity contribution is 6.30. The molecule has 0 spiro atoms. The molecule has 0 saturated heterocycles. The van der Waals surface area contributed by atoms with Gasteiger partial charge in [-0.3, -0.25) is 0 Å². The van der Waals surface area contributed by atoms with E-state index in [4.69, 9.17) is 11.6 Å². The van der Waals surface area contributed by atoms with Crippen molar-refractivity contribution >= 4 is 11.6 Å². The number of alkyl halides is 3. The maximum atomic E-state index is 12.3. The van der Waals surface area contributed by atoms with Crippen LogP contribution in [0.4, 0.5) is 13.2 Å². The molecule has 1 aromatic rings. The number of aromatic nitrogens is 1. The van der Waals surface area contributed by atoms with E-state index in [0.29, 0.717) is 0 Å². The summed E-state index contributed by atoms with van der Waals surface area (Å²) >= 11 is 5.63. The summed E-state index contributed by atoms with van der Waals surface area (Å²) in [5.74, 6) is 0.107. The Hall–Kier alpha value is -0.810. The first-order chi connectivity index (χ1) is 7.39. The molecule has 0 bridgehead atoms. The molecule has 6 heteroatoms. The Morgan fingerprint density at radius 1 is 1.38 bits per heavy atom. The number of rotatable bonds is 2. The van der Waals surface area contributed by atoms with Crippen molar-refractivity contribution in [2.75, 3.05) is 0 Å². The van der Waals surface area contributed by atoms with E-state index in [1.807, 2.05) is 0 Å². The molecule has 16 heavy (non-hydrogen) atoms. The summed E-state index contributed by atoms with van der Waals surface area (Å²) in [6.45, 7) is 0. The van der Waals surface area contributed by atoms with E-state index >= 15 is 0 Å². The molecule has 1 N–H and O–H groups in total. The fourth-order valence-corrected chi connectivity index (χ4v) is 1.76. The van der Waals surface area contributed by atoms with Gasteiger partial charge in [0.25, 0.3) is 0 Å². The Morgan fingerprint density at radius 2 is 2.00 bits per heavy atom. The second-order valence-electron chi connectivity index (χ2n) is 3.86. The zero-order chi connectivity index (χ0) is 11.9. The van der Waals surface area contributed by atoms with E-state index in [1.54, 1.807) is 0 Å². The van der Waals surface area contributed by atoms with Gasteiger partial charge in [0.2, 0.25) is 0 Å². The van der Waals surface area contributed by atoms with Crippen molar-refractivity contribution in [3.8, 4) is 0 Å². The van der Waals surface area contributed by atoms with Crippen LogP contribution in [0.15, 0.2) is 12.1 Å². The summed E-state index contributed by atoms with van der Waals surface area (Å²) in [6, 6.07) is 2.04. The van der Waals surface area contributed by atoms with Gasteiger partial charge < -0.3 is 5.11 Å². The van der Waals surface area contributed by atoms with E-state index < -0.39 is 18.0 Å². The van der Waals surface area contributed by atoms with Crippen molar-refractivity contribution in [1.29, 1.82) is 0 Å². The maximum absolute atomic E-state index is 12.3. The Balaban J connectivity index is 2.29. The molecule has 0 radical (unpaired) electrons. The summed E-state index contributed by atoms with van der Waals surface area (Å²) in [7, 11) is 0. The molecule has 0 aromatic carbocycles. The predicted molar refractivity (Wildman–Crippen MR) is 51.9 cm³/mol. The molecule has 0 aliphatic heterocycles. The number of halogens is 4. The van der Waals surface area contributed by atoms with Gasteiger partial charge in [0.05, 0.1) is 6.10 Å². The summed E-state index contributed by atoms with van der Waals surface area (Å²) in [6.07, 6.45) is -3.56. The Kier molecular flexibility index (Phi) is 2.84. The zero-order valence-electron chi connectivity index (χ0n) is 8.13. The first-order valence-corrected chi connectivity index (χ1v) is 5.19. The van der Waals surface area contributed by atoms with Crippen LogP contribution in [0.5, 0.6) is 0 Å². The first kappa shape index (κ1) is 11.7. The summed E-state index contributed by atoms with van der Waals surface area (Å²) in [4.78, 5) is 3.26. The topological polar surface area (TPSA) is 33.1 Å². The molecule has 1 aromatic heterocycles. The number of pyridine rings is 1. The molecule has 1 aliphatic rings. The van der Waals surface area contributed by atoms with Gasteiger partial charge in [0.15, 0.2) is 0 Å². The summed E-state index contributed by atoms with van der Waals surface area (Å²) in [5.41, 5.74) is -0.763. The quantitative estimate of drug-likeness (QED) is 0.819.